The molecule has 0 saturated carbocycles. The van der Waals surface area contributed by atoms with Crippen molar-refractivity contribution in [1.82, 2.24) is 5.32 Å². The molecule has 2 nitrogen and oxygen atoms in total. The lowest BCUT2D eigenvalue weighted by molar-refractivity contribution is 0.414. The third-order valence-corrected chi connectivity index (χ3v) is 3.74. The molecule has 2 rings (SSSR count). The zero-order valence-electron chi connectivity index (χ0n) is 12.2. The van der Waals surface area contributed by atoms with E-state index in [1.54, 1.807) is 19.2 Å². The summed E-state index contributed by atoms with van der Waals surface area (Å²) in [6.45, 7) is 0. The van der Waals surface area contributed by atoms with Gasteiger partial charge >= 0.3 is 0 Å². The molecule has 0 bridgehead atoms. The van der Waals surface area contributed by atoms with Gasteiger partial charge in [-0.05, 0) is 55.3 Å². The Balaban J connectivity index is 2.09. The largest absolute Gasteiger partial charge is 0.497 e. The molecule has 4 heteroatoms. The van der Waals surface area contributed by atoms with Crippen LogP contribution in [0.3, 0.4) is 0 Å². The summed E-state index contributed by atoms with van der Waals surface area (Å²) in [7, 11) is 3.54. The highest BCUT2D eigenvalue weighted by atomic mass is 35.5. The number of likely N-dealkylation sites (N-methyl/N-ethyl adjacent to an activating group) is 1. The summed E-state index contributed by atoms with van der Waals surface area (Å²) in [4.78, 5) is 0. The van der Waals surface area contributed by atoms with Gasteiger partial charge in [-0.3, -0.25) is 0 Å². The van der Waals surface area contributed by atoms with Gasteiger partial charge in [-0.1, -0.05) is 29.8 Å². The Hall–Kier alpha value is -1.58. The smallest absolute Gasteiger partial charge is 0.127 e. The molecule has 0 fully saturated rings. The molecule has 0 saturated heterocycles. The van der Waals surface area contributed by atoms with Crippen LogP contribution in [0.25, 0.3) is 0 Å². The van der Waals surface area contributed by atoms with Crippen LogP contribution >= 0.6 is 11.6 Å². The normalized spacial score (nSPS) is 12.2. The minimum absolute atomic E-state index is 0.146. The second-order valence-corrected chi connectivity index (χ2v) is 5.42. The first-order chi connectivity index (χ1) is 10.1. The van der Waals surface area contributed by atoms with E-state index in [-0.39, 0.29) is 11.9 Å². The highest BCUT2D eigenvalue weighted by molar-refractivity contribution is 6.30. The number of ether oxygens (including phenoxy) is 1. The zero-order chi connectivity index (χ0) is 15.2. The molecule has 0 radical (unpaired) electrons. The molecule has 0 aromatic heterocycles. The van der Waals surface area contributed by atoms with Gasteiger partial charge in [-0.2, -0.15) is 0 Å². The minimum atomic E-state index is -0.256. The number of methoxy groups -OCH3 is 1. The Morgan fingerprint density at radius 1 is 1.19 bits per heavy atom. The molecule has 0 heterocycles. The summed E-state index contributed by atoms with van der Waals surface area (Å²) in [5.41, 5.74) is 1.82. The zero-order valence-corrected chi connectivity index (χ0v) is 13.0. The van der Waals surface area contributed by atoms with E-state index in [4.69, 9.17) is 16.3 Å². The topological polar surface area (TPSA) is 21.3 Å². The van der Waals surface area contributed by atoms with Crippen LogP contribution in [0.1, 0.15) is 11.1 Å². The summed E-state index contributed by atoms with van der Waals surface area (Å²) in [5.74, 6) is 0.577. The lowest BCUT2D eigenvalue weighted by atomic mass is 9.98. The predicted octanol–water partition coefficient (Wildman–Crippen LogP) is 3.86. The number of halogens is 2. The molecule has 2 aromatic rings. The average Bonchev–Trinajstić information content (AvgIpc) is 2.49. The van der Waals surface area contributed by atoms with Crippen molar-refractivity contribution in [2.75, 3.05) is 14.2 Å². The molecule has 0 aliphatic heterocycles. The van der Waals surface area contributed by atoms with Gasteiger partial charge in [0.15, 0.2) is 0 Å². The van der Waals surface area contributed by atoms with Crippen molar-refractivity contribution in [3.8, 4) is 5.75 Å². The van der Waals surface area contributed by atoms with Crippen molar-refractivity contribution in [2.24, 2.45) is 0 Å². The number of rotatable bonds is 6. The second-order valence-electron chi connectivity index (χ2n) is 4.98. The Kier molecular flexibility index (Phi) is 5.59. The summed E-state index contributed by atoms with van der Waals surface area (Å²) in [6, 6.07) is 12.9. The molecule has 1 unspecified atom stereocenters. The van der Waals surface area contributed by atoms with E-state index in [0.29, 0.717) is 17.0 Å². The quantitative estimate of drug-likeness (QED) is 0.875. The van der Waals surface area contributed by atoms with Crippen LogP contribution in [0.2, 0.25) is 5.02 Å². The van der Waals surface area contributed by atoms with Gasteiger partial charge in [0.1, 0.15) is 11.6 Å². The minimum Gasteiger partial charge on any atom is -0.497 e. The molecular formula is C17H19ClFNO. The van der Waals surface area contributed by atoms with Gasteiger partial charge in [-0.15, -0.1) is 0 Å². The molecule has 21 heavy (non-hydrogen) atoms. The standard InChI is InChI=1S/C17H19ClFNO/c1-20-15(8-12-4-3-5-16(9-12)21-2)10-13-6-7-14(18)11-17(13)19/h3-7,9,11,15,20H,8,10H2,1-2H3. The molecule has 1 N–H and O–H groups in total. The van der Waals surface area contributed by atoms with E-state index in [9.17, 15) is 4.39 Å². The summed E-state index contributed by atoms with van der Waals surface area (Å²) in [5, 5.41) is 3.66. The maximum Gasteiger partial charge on any atom is 0.127 e. The third-order valence-electron chi connectivity index (χ3n) is 3.51. The highest BCUT2D eigenvalue weighted by Crippen LogP contribution is 2.18. The Labute approximate surface area is 129 Å². The fourth-order valence-corrected chi connectivity index (χ4v) is 2.47. The number of hydrogen-bond donors (Lipinski definition) is 1. The molecule has 0 aliphatic carbocycles. The van der Waals surface area contributed by atoms with Crippen molar-refractivity contribution < 1.29 is 9.13 Å². The Bertz CT molecular complexity index is 603. The lowest BCUT2D eigenvalue weighted by Gasteiger charge is -2.17. The molecule has 2 aromatic carbocycles. The second kappa shape index (κ2) is 7.43. The van der Waals surface area contributed by atoms with Gasteiger partial charge in [-0.25, -0.2) is 4.39 Å². The molecule has 112 valence electrons. The van der Waals surface area contributed by atoms with E-state index in [0.717, 1.165) is 17.7 Å². The molecule has 0 amide bonds. The van der Waals surface area contributed by atoms with Gasteiger partial charge in [0.05, 0.1) is 7.11 Å². The summed E-state index contributed by atoms with van der Waals surface area (Å²) >= 11 is 5.78. The van der Waals surface area contributed by atoms with Crippen LogP contribution in [0.15, 0.2) is 42.5 Å². The summed E-state index contributed by atoms with van der Waals surface area (Å²) in [6.07, 6.45) is 1.41. The van der Waals surface area contributed by atoms with Gasteiger partial charge in [0, 0.05) is 11.1 Å². The van der Waals surface area contributed by atoms with Gasteiger partial charge < -0.3 is 10.1 Å². The average molecular weight is 308 g/mol. The monoisotopic (exact) mass is 307 g/mol. The van der Waals surface area contributed by atoms with Crippen molar-refractivity contribution in [1.29, 1.82) is 0 Å². The fraction of sp³-hybridized carbons (Fsp3) is 0.294. The van der Waals surface area contributed by atoms with E-state index in [1.807, 2.05) is 31.3 Å². The number of benzene rings is 2. The highest BCUT2D eigenvalue weighted by Gasteiger charge is 2.12. The van der Waals surface area contributed by atoms with Crippen LogP contribution in [0.4, 0.5) is 4.39 Å². The predicted molar refractivity (Wildman–Crippen MR) is 84.7 cm³/mol. The van der Waals surface area contributed by atoms with Crippen LogP contribution in [0, 0.1) is 5.82 Å². The van der Waals surface area contributed by atoms with Crippen LogP contribution in [0.5, 0.6) is 5.75 Å². The van der Waals surface area contributed by atoms with E-state index in [1.165, 1.54) is 6.07 Å². The van der Waals surface area contributed by atoms with Gasteiger partial charge in [0.25, 0.3) is 0 Å². The molecule has 1 atom stereocenters. The van der Waals surface area contributed by atoms with Crippen LogP contribution < -0.4 is 10.1 Å². The molecule has 0 aliphatic rings. The molecular weight excluding hydrogens is 289 g/mol. The van der Waals surface area contributed by atoms with Crippen molar-refractivity contribution in [3.63, 3.8) is 0 Å². The number of hydrogen-bond acceptors (Lipinski definition) is 2. The first-order valence-electron chi connectivity index (χ1n) is 6.86. The Morgan fingerprint density at radius 2 is 2.00 bits per heavy atom. The molecule has 0 spiro atoms. The van der Waals surface area contributed by atoms with Crippen LogP contribution in [-0.2, 0) is 12.8 Å². The van der Waals surface area contributed by atoms with E-state index >= 15 is 0 Å². The third kappa shape index (κ3) is 4.45. The SMILES string of the molecule is CNC(Cc1cccc(OC)c1)Cc1ccc(Cl)cc1F. The first kappa shape index (κ1) is 15.8. The first-order valence-corrected chi connectivity index (χ1v) is 7.24. The summed E-state index contributed by atoms with van der Waals surface area (Å²) < 4.78 is 19.1. The Morgan fingerprint density at radius 3 is 2.67 bits per heavy atom. The van der Waals surface area contributed by atoms with E-state index < -0.39 is 0 Å². The van der Waals surface area contributed by atoms with Gasteiger partial charge in [0.2, 0.25) is 0 Å². The maximum atomic E-state index is 13.9. The van der Waals surface area contributed by atoms with E-state index in [2.05, 4.69) is 5.32 Å². The number of nitrogens with one attached hydrogen (secondary N) is 1. The maximum absolute atomic E-state index is 13.9. The fourth-order valence-electron chi connectivity index (χ4n) is 2.31. The van der Waals surface area contributed by atoms with Crippen LogP contribution in [-0.4, -0.2) is 20.2 Å². The van der Waals surface area contributed by atoms with Crippen molar-refractivity contribution >= 4 is 11.6 Å². The van der Waals surface area contributed by atoms with Crippen molar-refractivity contribution in [2.45, 2.75) is 18.9 Å². The lowest BCUT2D eigenvalue weighted by Crippen LogP contribution is -2.30. The van der Waals surface area contributed by atoms with Crippen molar-refractivity contribution in [3.05, 3.63) is 64.4 Å².